The summed E-state index contributed by atoms with van der Waals surface area (Å²) in [6.07, 6.45) is 0. The van der Waals surface area contributed by atoms with Crippen LogP contribution in [0.15, 0.2) is 54.6 Å². The van der Waals surface area contributed by atoms with Gasteiger partial charge in [0.15, 0.2) is 0 Å². The molecule has 0 spiro atoms. The van der Waals surface area contributed by atoms with Crippen LogP contribution >= 0.6 is 0 Å². The molecule has 86 valence electrons. The van der Waals surface area contributed by atoms with Gasteiger partial charge in [-0.3, -0.25) is 0 Å². The van der Waals surface area contributed by atoms with Crippen molar-refractivity contribution >= 4 is 10.8 Å². The molecule has 4 rings (SSSR count). The molecule has 0 amide bonds. The Balaban J connectivity index is 2.24. The van der Waals surface area contributed by atoms with Gasteiger partial charge in [-0.05, 0) is 33.5 Å². The average molecular weight is 232 g/mol. The Morgan fingerprint density at radius 2 is 1.39 bits per heavy atom. The summed E-state index contributed by atoms with van der Waals surface area (Å²) < 4.78 is 5.52. The first-order valence-corrected chi connectivity index (χ1v) is 6.09. The van der Waals surface area contributed by atoms with Crippen LogP contribution in [0.25, 0.3) is 33.0 Å². The molecule has 0 fully saturated rings. The van der Waals surface area contributed by atoms with E-state index in [1.165, 1.54) is 33.0 Å². The van der Waals surface area contributed by atoms with E-state index in [-0.39, 0.29) is 0 Å². The average Bonchev–Trinajstić information content (AvgIpc) is 2.77. The Bertz CT molecular complexity index is 766. The largest absolute Gasteiger partial charge is 0.496 e. The highest BCUT2D eigenvalue weighted by Gasteiger charge is 2.23. The smallest absolute Gasteiger partial charge is 0.127 e. The lowest BCUT2D eigenvalue weighted by Gasteiger charge is -2.07. The van der Waals surface area contributed by atoms with Gasteiger partial charge in [-0.1, -0.05) is 48.5 Å². The second-order valence-corrected chi connectivity index (χ2v) is 4.59. The standard InChI is InChI=1S/C17H12O/c1-18-15-10-4-8-13-12-7-2-5-11-6-3-9-14(16(11)12)17(13)15/h2-10H,1H3. The Morgan fingerprint density at radius 3 is 2.17 bits per heavy atom. The molecule has 3 aromatic carbocycles. The van der Waals surface area contributed by atoms with E-state index in [0.29, 0.717) is 0 Å². The van der Waals surface area contributed by atoms with Crippen LogP contribution < -0.4 is 4.74 Å². The third-order valence-electron chi connectivity index (χ3n) is 3.71. The van der Waals surface area contributed by atoms with Crippen LogP contribution in [0.3, 0.4) is 0 Å². The molecule has 0 heterocycles. The molecule has 0 aromatic heterocycles. The summed E-state index contributed by atoms with van der Waals surface area (Å²) in [4.78, 5) is 0. The molecule has 0 saturated heterocycles. The molecule has 0 aliphatic heterocycles. The van der Waals surface area contributed by atoms with Gasteiger partial charge >= 0.3 is 0 Å². The summed E-state index contributed by atoms with van der Waals surface area (Å²) in [5.41, 5.74) is 5.11. The zero-order valence-electron chi connectivity index (χ0n) is 10.1. The van der Waals surface area contributed by atoms with Crippen molar-refractivity contribution in [3.05, 3.63) is 54.6 Å². The predicted molar refractivity (Wildman–Crippen MR) is 74.9 cm³/mol. The highest BCUT2D eigenvalue weighted by atomic mass is 16.5. The van der Waals surface area contributed by atoms with Crippen molar-refractivity contribution in [3.63, 3.8) is 0 Å². The van der Waals surface area contributed by atoms with Crippen molar-refractivity contribution in [3.8, 4) is 28.0 Å². The first-order valence-electron chi connectivity index (χ1n) is 6.09. The van der Waals surface area contributed by atoms with Crippen molar-refractivity contribution in [1.82, 2.24) is 0 Å². The highest BCUT2D eigenvalue weighted by Crippen LogP contribution is 2.50. The molecule has 1 nitrogen and oxygen atoms in total. The molecule has 1 heteroatoms. The zero-order chi connectivity index (χ0) is 12.1. The maximum atomic E-state index is 5.52. The highest BCUT2D eigenvalue weighted by molar-refractivity contribution is 6.16. The molecule has 0 N–H and O–H groups in total. The lowest BCUT2D eigenvalue weighted by atomic mass is 10.0. The molecule has 1 aliphatic rings. The quantitative estimate of drug-likeness (QED) is 0.469. The van der Waals surface area contributed by atoms with Crippen LogP contribution in [-0.2, 0) is 0 Å². The number of hydrogen-bond acceptors (Lipinski definition) is 1. The van der Waals surface area contributed by atoms with Gasteiger partial charge in [-0.15, -0.1) is 0 Å². The van der Waals surface area contributed by atoms with Gasteiger partial charge in [0, 0.05) is 5.56 Å². The molecule has 0 saturated carbocycles. The van der Waals surface area contributed by atoms with Gasteiger partial charge in [-0.25, -0.2) is 0 Å². The van der Waals surface area contributed by atoms with E-state index in [0.717, 1.165) is 5.75 Å². The third kappa shape index (κ3) is 1.06. The molecule has 1 aliphatic carbocycles. The molecule has 3 aromatic rings. The van der Waals surface area contributed by atoms with Gasteiger partial charge in [-0.2, -0.15) is 0 Å². The topological polar surface area (TPSA) is 9.23 Å². The summed E-state index contributed by atoms with van der Waals surface area (Å²) in [5.74, 6) is 0.955. The molecule has 0 bridgehead atoms. The van der Waals surface area contributed by atoms with Crippen molar-refractivity contribution in [2.24, 2.45) is 0 Å². The van der Waals surface area contributed by atoms with E-state index < -0.39 is 0 Å². The zero-order valence-corrected chi connectivity index (χ0v) is 10.1. The van der Waals surface area contributed by atoms with Crippen LogP contribution in [0.2, 0.25) is 0 Å². The summed E-state index contributed by atoms with van der Waals surface area (Å²) in [7, 11) is 1.73. The SMILES string of the molecule is COc1cccc2c1-c1cccc3cccc-2c13. The van der Waals surface area contributed by atoms with Crippen LogP contribution in [0.4, 0.5) is 0 Å². The van der Waals surface area contributed by atoms with Gasteiger partial charge in [0.1, 0.15) is 5.75 Å². The van der Waals surface area contributed by atoms with Gasteiger partial charge in [0.25, 0.3) is 0 Å². The lowest BCUT2D eigenvalue weighted by molar-refractivity contribution is 0.416. The first-order chi connectivity index (χ1) is 8.90. The van der Waals surface area contributed by atoms with E-state index in [4.69, 9.17) is 4.74 Å². The van der Waals surface area contributed by atoms with Crippen molar-refractivity contribution in [2.45, 2.75) is 0 Å². The number of benzene rings is 3. The Hall–Kier alpha value is -2.28. The summed E-state index contributed by atoms with van der Waals surface area (Å²) >= 11 is 0. The summed E-state index contributed by atoms with van der Waals surface area (Å²) in [6, 6.07) is 19.2. The normalized spacial score (nSPS) is 11.6. The Morgan fingerprint density at radius 1 is 0.722 bits per heavy atom. The number of fused-ring (bicyclic) bond motifs is 3. The second-order valence-electron chi connectivity index (χ2n) is 4.59. The summed E-state index contributed by atoms with van der Waals surface area (Å²) in [6.45, 7) is 0. The maximum Gasteiger partial charge on any atom is 0.127 e. The number of methoxy groups -OCH3 is 1. The van der Waals surface area contributed by atoms with Crippen LogP contribution in [0, 0.1) is 0 Å². The van der Waals surface area contributed by atoms with Crippen molar-refractivity contribution in [2.75, 3.05) is 7.11 Å². The number of hydrogen-bond donors (Lipinski definition) is 0. The van der Waals surface area contributed by atoms with Crippen LogP contribution in [0.5, 0.6) is 5.75 Å². The fourth-order valence-electron chi connectivity index (χ4n) is 2.98. The van der Waals surface area contributed by atoms with E-state index >= 15 is 0 Å². The molecular weight excluding hydrogens is 220 g/mol. The van der Waals surface area contributed by atoms with Gasteiger partial charge in [0.05, 0.1) is 7.11 Å². The minimum absolute atomic E-state index is 0.955. The minimum atomic E-state index is 0.955. The summed E-state index contributed by atoms with van der Waals surface area (Å²) in [5, 5.41) is 2.64. The lowest BCUT2D eigenvalue weighted by Crippen LogP contribution is -1.86. The minimum Gasteiger partial charge on any atom is -0.496 e. The van der Waals surface area contributed by atoms with Crippen molar-refractivity contribution < 1.29 is 4.74 Å². The molecular formula is C17H12O. The molecule has 18 heavy (non-hydrogen) atoms. The van der Waals surface area contributed by atoms with E-state index in [9.17, 15) is 0 Å². The van der Waals surface area contributed by atoms with Crippen LogP contribution in [-0.4, -0.2) is 7.11 Å². The van der Waals surface area contributed by atoms with E-state index in [2.05, 4.69) is 48.5 Å². The van der Waals surface area contributed by atoms with E-state index in [1.807, 2.05) is 6.07 Å². The maximum absolute atomic E-state index is 5.52. The molecule has 0 radical (unpaired) electrons. The monoisotopic (exact) mass is 232 g/mol. The number of ether oxygens (including phenoxy) is 1. The fraction of sp³-hybridized carbons (Fsp3) is 0.0588. The first kappa shape index (κ1) is 9.72. The Kier molecular flexibility index (Phi) is 1.81. The molecule has 0 atom stereocenters. The van der Waals surface area contributed by atoms with Crippen molar-refractivity contribution in [1.29, 1.82) is 0 Å². The van der Waals surface area contributed by atoms with Gasteiger partial charge in [0.2, 0.25) is 0 Å². The van der Waals surface area contributed by atoms with Crippen LogP contribution in [0.1, 0.15) is 0 Å². The predicted octanol–water partition coefficient (Wildman–Crippen LogP) is 4.50. The fourth-order valence-corrected chi connectivity index (χ4v) is 2.98. The number of rotatable bonds is 1. The Labute approximate surface area is 106 Å². The van der Waals surface area contributed by atoms with Gasteiger partial charge < -0.3 is 4.74 Å². The third-order valence-corrected chi connectivity index (χ3v) is 3.71. The second kappa shape index (κ2) is 3.36. The van der Waals surface area contributed by atoms with E-state index in [1.54, 1.807) is 7.11 Å². The molecule has 0 unspecified atom stereocenters.